The third-order valence-electron chi connectivity index (χ3n) is 5.91. The summed E-state index contributed by atoms with van der Waals surface area (Å²) in [5.41, 5.74) is 6.62. The molecule has 1 nitrogen and oxygen atoms in total. The second-order valence-electron chi connectivity index (χ2n) is 8.34. The summed E-state index contributed by atoms with van der Waals surface area (Å²) in [6, 6.07) is 18.0. The van der Waals surface area contributed by atoms with Gasteiger partial charge < -0.3 is 0 Å². The van der Waals surface area contributed by atoms with Gasteiger partial charge in [-0.1, -0.05) is 82.6 Å². The third kappa shape index (κ3) is 4.63. The van der Waals surface area contributed by atoms with Gasteiger partial charge in [0.2, 0.25) is 0 Å². The average molecular weight is 348 g/mol. The summed E-state index contributed by atoms with van der Waals surface area (Å²) >= 11 is 0. The summed E-state index contributed by atoms with van der Waals surface area (Å²) < 4.78 is 0. The maximum atomic E-state index is 4.85. The van der Waals surface area contributed by atoms with E-state index in [1.54, 1.807) is 0 Å². The van der Waals surface area contributed by atoms with Crippen molar-refractivity contribution in [3.63, 3.8) is 0 Å². The predicted octanol–water partition coefficient (Wildman–Crippen LogP) is 6.80. The quantitative estimate of drug-likeness (QED) is 0.522. The number of hydrogen-bond acceptors (Lipinski definition) is 1. The Labute approximate surface area is 159 Å². The Morgan fingerprint density at radius 2 is 1.46 bits per heavy atom. The van der Waals surface area contributed by atoms with Crippen LogP contribution < -0.4 is 0 Å². The highest BCUT2D eigenvalue weighted by atomic mass is 14.8. The van der Waals surface area contributed by atoms with Crippen LogP contribution in [0.15, 0.2) is 53.5 Å². The van der Waals surface area contributed by atoms with E-state index in [0.29, 0.717) is 0 Å². The lowest BCUT2D eigenvalue weighted by molar-refractivity contribution is 0.334. The van der Waals surface area contributed by atoms with Gasteiger partial charge in [-0.2, -0.15) is 0 Å². The molecule has 2 aromatic carbocycles. The van der Waals surface area contributed by atoms with Crippen LogP contribution in [0.5, 0.6) is 0 Å². The van der Waals surface area contributed by atoms with Gasteiger partial charge in [-0.25, -0.2) is 0 Å². The van der Waals surface area contributed by atoms with Crippen LogP contribution in [-0.4, -0.2) is 12.3 Å². The SMILES string of the molecule is CCCc1ccc(-c2ccc(C3=NCC(CC(C)C(C)C)C3)cc2)cc1. The number of benzene rings is 2. The van der Waals surface area contributed by atoms with Crippen LogP contribution in [0.2, 0.25) is 0 Å². The van der Waals surface area contributed by atoms with Gasteiger partial charge >= 0.3 is 0 Å². The second-order valence-corrected chi connectivity index (χ2v) is 8.34. The Morgan fingerprint density at radius 3 is 2.04 bits per heavy atom. The summed E-state index contributed by atoms with van der Waals surface area (Å²) in [5.74, 6) is 2.28. The molecule has 0 bridgehead atoms. The molecular formula is C25H33N. The minimum absolute atomic E-state index is 0.730. The predicted molar refractivity (Wildman–Crippen MR) is 114 cm³/mol. The average Bonchev–Trinajstić information content (AvgIpc) is 3.11. The van der Waals surface area contributed by atoms with Gasteiger partial charge in [-0.3, -0.25) is 4.99 Å². The smallest absolute Gasteiger partial charge is 0.0424 e. The van der Waals surface area contributed by atoms with Crippen molar-refractivity contribution >= 4 is 5.71 Å². The molecule has 0 spiro atoms. The fourth-order valence-corrected chi connectivity index (χ4v) is 3.81. The summed E-state index contributed by atoms with van der Waals surface area (Å²) in [6.45, 7) is 10.3. The fourth-order valence-electron chi connectivity index (χ4n) is 3.81. The van der Waals surface area contributed by atoms with Crippen LogP contribution in [0.1, 0.15) is 58.1 Å². The van der Waals surface area contributed by atoms with E-state index in [0.717, 1.165) is 37.1 Å². The standard InChI is InChI=1S/C25H33N/c1-5-6-20-7-9-22(10-8-20)23-11-13-24(14-12-23)25-16-21(17-26-25)15-19(4)18(2)3/h7-14,18-19,21H,5-6,15-17H2,1-4H3. The molecule has 2 unspecified atom stereocenters. The van der Waals surface area contributed by atoms with E-state index in [-0.39, 0.29) is 0 Å². The molecule has 0 radical (unpaired) electrons. The van der Waals surface area contributed by atoms with Crippen LogP contribution in [0.4, 0.5) is 0 Å². The molecule has 2 atom stereocenters. The van der Waals surface area contributed by atoms with Crippen LogP contribution >= 0.6 is 0 Å². The van der Waals surface area contributed by atoms with E-state index >= 15 is 0 Å². The highest BCUT2D eigenvalue weighted by Crippen LogP contribution is 2.28. The summed E-state index contributed by atoms with van der Waals surface area (Å²) in [6.07, 6.45) is 4.80. The van der Waals surface area contributed by atoms with Gasteiger partial charge in [-0.15, -0.1) is 0 Å². The Morgan fingerprint density at radius 1 is 0.885 bits per heavy atom. The molecule has 0 aromatic heterocycles. The van der Waals surface area contributed by atoms with E-state index in [9.17, 15) is 0 Å². The van der Waals surface area contributed by atoms with Gasteiger partial charge in [0.1, 0.15) is 0 Å². The van der Waals surface area contributed by atoms with Gasteiger partial charge in [0, 0.05) is 12.3 Å². The molecule has 0 amide bonds. The van der Waals surface area contributed by atoms with Gasteiger partial charge in [0.05, 0.1) is 0 Å². The summed E-state index contributed by atoms with van der Waals surface area (Å²) in [7, 11) is 0. The number of aryl methyl sites for hydroxylation is 1. The van der Waals surface area contributed by atoms with Crippen molar-refractivity contribution in [3.05, 3.63) is 59.7 Å². The molecular weight excluding hydrogens is 314 g/mol. The van der Waals surface area contributed by atoms with Gasteiger partial charge in [-0.05, 0) is 59.3 Å². The number of rotatable bonds is 7. The lowest BCUT2D eigenvalue weighted by atomic mass is 9.86. The van der Waals surface area contributed by atoms with E-state index in [1.807, 2.05) is 0 Å². The molecule has 2 aromatic rings. The first-order valence-electron chi connectivity index (χ1n) is 10.3. The molecule has 26 heavy (non-hydrogen) atoms. The zero-order valence-corrected chi connectivity index (χ0v) is 16.8. The second kappa shape index (κ2) is 8.66. The van der Waals surface area contributed by atoms with Gasteiger partial charge in [0.25, 0.3) is 0 Å². The molecule has 0 aliphatic carbocycles. The van der Waals surface area contributed by atoms with Crippen molar-refractivity contribution < 1.29 is 0 Å². The van der Waals surface area contributed by atoms with Crippen molar-refractivity contribution in [3.8, 4) is 11.1 Å². The number of hydrogen-bond donors (Lipinski definition) is 0. The maximum absolute atomic E-state index is 4.85. The van der Waals surface area contributed by atoms with Crippen molar-refractivity contribution in [2.75, 3.05) is 6.54 Å². The molecule has 0 saturated carbocycles. The fraction of sp³-hybridized carbons (Fsp3) is 0.480. The van der Waals surface area contributed by atoms with Crippen molar-refractivity contribution in [2.24, 2.45) is 22.7 Å². The first-order chi connectivity index (χ1) is 12.6. The van der Waals surface area contributed by atoms with Crippen LogP contribution in [0.25, 0.3) is 11.1 Å². The Bertz CT molecular complexity index is 722. The van der Waals surface area contributed by atoms with Crippen molar-refractivity contribution in [2.45, 2.75) is 53.4 Å². The molecule has 1 aliphatic heterocycles. The molecule has 0 saturated heterocycles. The Hall–Kier alpha value is -1.89. The topological polar surface area (TPSA) is 12.4 Å². The van der Waals surface area contributed by atoms with Crippen LogP contribution in [0, 0.1) is 17.8 Å². The molecule has 0 N–H and O–H groups in total. The van der Waals surface area contributed by atoms with Crippen LogP contribution in [-0.2, 0) is 6.42 Å². The summed E-state index contributed by atoms with van der Waals surface area (Å²) in [5, 5.41) is 0. The molecule has 3 rings (SSSR count). The lowest BCUT2D eigenvalue weighted by Crippen LogP contribution is -2.12. The zero-order valence-electron chi connectivity index (χ0n) is 16.8. The molecule has 1 heterocycles. The van der Waals surface area contributed by atoms with E-state index in [1.165, 1.54) is 40.8 Å². The molecule has 0 fully saturated rings. The monoisotopic (exact) mass is 347 g/mol. The number of nitrogens with zero attached hydrogens (tertiary/aromatic N) is 1. The van der Waals surface area contributed by atoms with E-state index < -0.39 is 0 Å². The third-order valence-corrected chi connectivity index (χ3v) is 5.91. The normalized spacial score (nSPS) is 18.2. The Kier molecular flexibility index (Phi) is 6.29. The van der Waals surface area contributed by atoms with Crippen molar-refractivity contribution in [1.82, 2.24) is 0 Å². The number of aliphatic imine (C=N–C) groups is 1. The molecule has 138 valence electrons. The highest BCUT2D eigenvalue weighted by molar-refractivity contribution is 6.02. The minimum atomic E-state index is 0.730. The Balaban J connectivity index is 1.63. The van der Waals surface area contributed by atoms with Crippen molar-refractivity contribution in [1.29, 1.82) is 0 Å². The first-order valence-corrected chi connectivity index (χ1v) is 10.3. The molecule has 1 aliphatic rings. The minimum Gasteiger partial charge on any atom is -0.289 e. The highest BCUT2D eigenvalue weighted by Gasteiger charge is 2.22. The maximum Gasteiger partial charge on any atom is 0.0424 e. The van der Waals surface area contributed by atoms with E-state index in [2.05, 4.69) is 76.2 Å². The largest absolute Gasteiger partial charge is 0.289 e. The first kappa shape index (κ1) is 18.9. The van der Waals surface area contributed by atoms with E-state index in [4.69, 9.17) is 4.99 Å². The van der Waals surface area contributed by atoms with Crippen LogP contribution in [0.3, 0.4) is 0 Å². The zero-order chi connectivity index (χ0) is 18.5. The summed E-state index contributed by atoms with van der Waals surface area (Å²) in [4.78, 5) is 4.85. The molecule has 1 heteroatoms. The lowest BCUT2D eigenvalue weighted by Gasteiger charge is -2.19. The van der Waals surface area contributed by atoms with Gasteiger partial charge in [0.15, 0.2) is 0 Å².